The Morgan fingerprint density at radius 2 is 1.92 bits per heavy atom. The van der Waals surface area contributed by atoms with E-state index in [1.54, 1.807) is 11.0 Å². The van der Waals surface area contributed by atoms with Crippen molar-refractivity contribution in [3.63, 3.8) is 0 Å². The van der Waals surface area contributed by atoms with Gasteiger partial charge in [0.25, 0.3) is 0 Å². The third-order valence-corrected chi connectivity index (χ3v) is 1.98. The first-order valence-corrected chi connectivity index (χ1v) is 4.34. The van der Waals surface area contributed by atoms with E-state index in [0.29, 0.717) is 5.92 Å². The van der Waals surface area contributed by atoms with Crippen LogP contribution in [0.4, 0.5) is 0 Å². The van der Waals surface area contributed by atoms with Crippen LogP contribution in [-0.4, -0.2) is 20.0 Å². The first kappa shape index (κ1) is 8.16. The molecule has 0 N–H and O–H groups in total. The van der Waals surface area contributed by atoms with Crippen molar-refractivity contribution in [3.05, 3.63) is 18.0 Å². The van der Waals surface area contributed by atoms with Crippen LogP contribution in [0.15, 0.2) is 12.3 Å². The maximum atomic E-state index is 4.30. The van der Waals surface area contributed by atoms with Crippen LogP contribution in [-0.2, 0) is 7.05 Å². The lowest BCUT2D eigenvalue weighted by atomic mass is 10.1. The summed E-state index contributed by atoms with van der Waals surface area (Å²) in [5, 5.41) is 8.38. The highest BCUT2D eigenvalue weighted by Crippen LogP contribution is 2.15. The number of aromatic nitrogens is 4. The number of aryl methyl sites for hydroxylation is 1. The van der Waals surface area contributed by atoms with Gasteiger partial charge in [0.05, 0.1) is 6.20 Å². The standard InChI is InChI=1S/C9H12N4/c1-6(2)7-4-8-9(5-10-7)12-13(3)11-8/h4-6H,1-3H3. The molecule has 0 aliphatic heterocycles. The predicted molar refractivity (Wildman–Crippen MR) is 50.4 cm³/mol. The highest BCUT2D eigenvalue weighted by Gasteiger charge is 2.05. The molecule has 0 fully saturated rings. The van der Waals surface area contributed by atoms with Crippen LogP contribution in [0.1, 0.15) is 25.5 Å². The molecule has 4 heteroatoms. The minimum absolute atomic E-state index is 0.436. The highest BCUT2D eigenvalue weighted by atomic mass is 15.4. The lowest BCUT2D eigenvalue weighted by Gasteiger charge is -2.01. The summed E-state index contributed by atoms with van der Waals surface area (Å²) in [7, 11) is 1.81. The summed E-state index contributed by atoms with van der Waals surface area (Å²) in [6.45, 7) is 4.23. The van der Waals surface area contributed by atoms with E-state index in [-0.39, 0.29) is 0 Å². The van der Waals surface area contributed by atoms with E-state index in [2.05, 4.69) is 29.0 Å². The zero-order chi connectivity index (χ0) is 9.42. The van der Waals surface area contributed by atoms with Crippen molar-refractivity contribution in [1.29, 1.82) is 0 Å². The van der Waals surface area contributed by atoms with Crippen molar-refractivity contribution < 1.29 is 0 Å². The lowest BCUT2D eigenvalue weighted by molar-refractivity contribution is 0.665. The van der Waals surface area contributed by atoms with Gasteiger partial charge in [-0.05, 0) is 12.0 Å². The predicted octanol–water partition coefficient (Wildman–Crippen LogP) is 1.49. The molecule has 2 aromatic rings. The van der Waals surface area contributed by atoms with Crippen molar-refractivity contribution in [2.45, 2.75) is 19.8 Å². The Morgan fingerprint density at radius 1 is 1.23 bits per heavy atom. The van der Waals surface area contributed by atoms with Crippen LogP contribution in [0.3, 0.4) is 0 Å². The van der Waals surface area contributed by atoms with E-state index in [1.807, 2.05) is 13.1 Å². The van der Waals surface area contributed by atoms with Crippen LogP contribution in [0, 0.1) is 0 Å². The van der Waals surface area contributed by atoms with E-state index in [0.717, 1.165) is 16.7 Å². The molecule has 0 aromatic carbocycles. The Bertz CT molecular complexity index is 430. The number of rotatable bonds is 1. The minimum Gasteiger partial charge on any atom is -0.259 e. The number of nitrogens with zero attached hydrogens (tertiary/aromatic N) is 4. The maximum Gasteiger partial charge on any atom is 0.131 e. The molecule has 0 bridgehead atoms. The topological polar surface area (TPSA) is 43.6 Å². The number of hydrogen-bond acceptors (Lipinski definition) is 3. The molecule has 4 nitrogen and oxygen atoms in total. The zero-order valence-corrected chi connectivity index (χ0v) is 8.02. The molecule has 0 spiro atoms. The van der Waals surface area contributed by atoms with Gasteiger partial charge in [-0.1, -0.05) is 13.8 Å². The van der Waals surface area contributed by atoms with E-state index in [9.17, 15) is 0 Å². The van der Waals surface area contributed by atoms with Gasteiger partial charge in [-0.2, -0.15) is 15.0 Å². The summed E-state index contributed by atoms with van der Waals surface area (Å²) >= 11 is 0. The second-order valence-electron chi connectivity index (χ2n) is 3.44. The fourth-order valence-corrected chi connectivity index (χ4v) is 1.26. The Hall–Kier alpha value is -1.45. The molecule has 0 radical (unpaired) electrons. The van der Waals surface area contributed by atoms with Gasteiger partial charge in [-0.25, -0.2) is 0 Å². The summed E-state index contributed by atoms with van der Waals surface area (Å²) in [6.07, 6.45) is 1.78. The molecule has 0 aliphatic rings. The van der Waals surface area contributed by atoms with Crippen LogP contribution < -0.4 is 0 Å². The van der Waals surface area contributed by atoms with E-state index in [4.69, 9.17) is 0 Å². The third kappa shape index (κ3) is 1.39. The number of fused-ring (bicyclic) bond motifs is 1. The van der Waals surface area contributed by atoms with Gasteiger partial charge in [-0.3, -0.25) is 4.98 Å². The molecule has 13 heavy (non-hydrogen) atoms. The van der Waals surface area contributed by atoms with Crippen molar-refractivity contribution in [2.24, 2.45) is 7.05 Å². The Labute approximate surface area is 76.6 Å². The molecule has 0 saturated heterocycles. The second-order valence-corrected chi connectivity index (χ2v) is 3.44. The van der Waals surface area contributed by atoms with Crippen molar-refractivity contribution in [2.75, 3.05) is 0 Å². The summed E-state index contributed by atoms with van der Waals surface area (Å²) in [5.74, 6) is 0.436. The largest absolute Gasteiger partial charge is 0.259 e. The summed E-state index contributed by atoms with van der Waals surface area (Å²) in [4.78, 5) is 5.87. The summed E-state index contributed by atoms with van der Waals surface area (Å²) < 4.78 is 0. The zero-order valence-electron chi connectivity index (χ0n) is 8.02. The second kappa shape index (κ2) is 2.80. The Morgan fingerprint density at radius 3 is 2.62 bits per heavy atom. The molecule has 0 unspecified atom stereocenters. The number of hydrogen-bond donors (Lipinski definition) is 0. The smallest absolute Gasteiger partial charge is 0.131 e. The van der Waals surface area contributed by atoms with Gasteiger partial charge in [0.2, 0.25) is 0 Å². The fourth-order valence-electron chi connectivity index (χ4n) is 1.26. The maximum absolute atomic E-state index is 4.30. The molecule has 2 rings (SSSR count). The first-order chi connectivity index (χ1) is 6.16. The van der Waals surface area contributed by atoms with Gasteiger partial charge >= 0.3 is 0 Å². The molecule has 68 valence electrons. The van der Waals surface area contributed by atoms with Gasteiger partial charge in [0, 0.05) is 12.7 Å². The van der Waals surface area contributed by atoms with E-state index < -0.39 is 0 Å². The molecule has 2 aromatic heterocycles. The van der Waals surface area contributed by atoms with Crippen LogP contribution in [0.2, 0.25) is 0 Å². The van der Waals surface area contributed by atoms with E-state index in [1.165, 1.54) is 0 Å². The third-order valence-electron chi connectivity index (χ3n) is 1.98. The molecule has 2 heterocycles. The molecule has 0 saturated carbocycles. The number of pyridine rings is 1. The molecule has 0 aliphatic carbocycles. The van der Waals surface area contributed by atoms with Crippen LogP contribution in [0.25, 0.3) is 11.0 Å². The van der Waals surface area contributed by atoms with Crippen LogP contribution >= 0.6 is 0 Å². The SMILES string of the molecule is CC(C)c1cc2nn(C)nc2cn1. The van der Waals surface area contributed by atoms with Gasteiger partial charge in [-0.15, -0.1) is 0 Å². The summed E-state index contributed by atoms with van der Waals surface area (Å²) in [5.41, 5.74) is 2.83. The first-order valence-electron chi connectivity index (χ1n) is 4.34. The van der Waals surface area contributed by atoms with Crippen molar-refractivity contribution in [3.8, 4) is 0 Å². The average Bonchev–Trinajstić information content (AvgIpc) is 2.42. The lowest BCUT2D eigenvalue weighted by Crippen LogP contribution is -1.91. The van der Waals surface area contributed by atoms with Crippen molar-refractivity contribution in [1.82, 2.24) is 20.0 Å². The van der Waals surface area contributed by atoms with E-state index >= 15 is 0 Å². The fraction of sp³-hybridized carbons (Fsp3) is 0.444. The minimum atomic E-state index is 0.436. The molecule has 0 atom stereocenters. The summed E-state index contributed by atoms with van der Waals surface area (Å²) in [6, 6.07) is 1.99. The van der Waals surface area contributed by atoms with Gasteiger partial charge in [0.15, 0.2) is 0 Å². The van der Waals surface area contributed by atoms with Gasteiger partial charge in [0.1, 0.15) is 11.0 Å². The highest BCUT2D eigenvalue weighted by molar-refractivity contribution is 5.72. The molecular formula is C9H12N4. The quantitative estimate of drug-likeness (QED) is 0.661. The van der Waals surface area contributed by atoms with Gasteiger partial charge < -0.3 is 0 Å². The van der Waals surface area contributed by atoms with Crippen molar-refractivity contribution >= 4 is 11.0 Å². The van der Waals surface area contributed by atoms with Crippen LogP contribution in [0.5, 0.6) is 0 Å². The monoisotopic (exact) mass is 176 g/mol. The Kier molecular flexibility index (Phi) is 1.76. The molecular weight excluding hydrogens is 164 g/mol. The Balaban J connectivity index is 2.61. The molecule has 0 amide bonds. The average molecular weight is 176 g/mol. The normalized spacial score (nSPS) is 11.4.